The van der Waals surface area contributed by atoms with Crippen molar-refractivity contribution in [3.05, 3.63) is 0 Å². The maximum Gasteiger partial charge on any atom is 0.397 e. The van der Waals surface area contributed by atoms with Gasteiger partial charge in [0, 0.05) is 80.9 Å². The molecule has 0 bridgehead atoms. The number of alkyl halides is 8. The van der Waals surface area contributed by atoms with Crippen molar-refractivity contribution in [2.24, 2.45) is 41.4 Å². The summed E-state index contributed by atoms with van der Waals surface area (Å²) in [6.07, 6.45) is -14.2. The molecule has 4 aliphatic carbocycles. The molecule has 3 heterocycles. The van der Waals surface area contributed by atoms with E-state index in [4.69, 9.17) is 4.74 Å². The SMILES string of the molecule is CCO[C@@H]1C[C@H]2C(=O)NC3(CCC3)C(=O)N(C)[C@@H](C3CCCCC3)C(=O)N(C)[C@H](C)CC(=O)N(C)[C@@H](CC(C)C)C(=O)N[C@@H]([C@@H](C)CC)C(=O)N(C)[C@@H](C)C(=O)N3CC[C@H]3C(=O)N(C)[C@@H](CC3CCC(C(F)(F)F)CC3)C(=O)N(C)CC(=O)N[C@@H](CCC3CC(F)C(C(F)(F)F)C(F)C3)C(=O)N2C1. The lowest BCUT2D eigenvalue weighted by molar-refractivity contribution is -0.219. The Morgan fingerprint density at radius 2 is 1.21 bits per heavy atom. The van der Waals surface area contributed by atoms with Crippen LogP contribution in [0.2, 0.25) is 0 Å². The van der Waals surface area contributed by atoms with Gasteiger partial charge in [-0.3, -0.25) is 52.7 Å². The van der Waals surface area contributed by atoms with E-state index in [0.717, 1.165) is 38.9 Å². The van der Waals surface area contributed by atoms with Crippen molar-refractivity contribution in [1.82, 2.24) is 55.1 Å². The lowest BCUT2D eigenvalue weighted by Crippen LogP contribution is -2.68. The first kappa shape index (κ1) is 83.8. The van der Waals surface area contributed by atoms with Gasteiger partial charge < -0.3 is 59.9 Å². The lowest BCUT2D eigenvalue weighted by Gasteiger charge is -2.47. The van der Waals surface area contributed by atoms with Gasteiger partial charge in [0.1, 0.15) is 72.1 Å². The number of hydrogen-bond donors (Lipinski definition) is 3. The molecule has 13 atom stereocenters. The number of fused-ring (bicyclic) bond motifs is 2. The van der Waals surface area contributed by atoms with E-state index >= 15 is 32.8 Å². The number of nitrogens with zero attached hydrogens (tertiary/aromatic N) is 8. The Labute approximate surface area is 601 Å². The van der Waals surface area contributed by atoms with Crippen molar-refractivity contribution in [3.63, 3.8) is 0 Å². The second-order valence-corrected chi connectivity index (χ2v) is 31.3. The second kappa shape index (κ2) is 35.3. The standard InChI is InChI=1S/C72H113F8N11O12/c1-14-41(5)59-67(100)86(10)43(7)63(96)90-31-28-52(90)66(99)88(12)55(36-44-22-25-47(26-23-44)71(75,76)77)65(98)84(8)39-56(92)81-51(27-24-45-34-49(73)58(50(74)35-45)72(78,79)80)64(97)91-38-48(103-15-2)37-54(91)62(95)83-70(29-19-30-70)69(102)89(13)60(46-20-17-16-18-21-46)68(101)85(9)42(6)33-57(93)87(11)53(32-40(3)4)61(94)82-59/h40-55,58-60H,14-39H2,1-13H3,(H,81,92)(H,82,94)(H,83,95)/t41-,42+,43-,44?,45?,47?,48+,49?,50?,51-,52-,53-,54-,55-,58?,59-,60-/m0/s1. The third kappa shape index (κ3) is 19.8. The molecule has 7 fully saturated rings. The van der Waals surface area contributed by atoms with Gasteiger partial charge >= 0.3 is 12.4 Å². The van der Waals surface area contributed by atoms with Crippen LogP contribution >= 0.6 is 0 Å². The smallest absolute Gasteiger partial charge is 0.377 e. The Kier molecular flexibility index (Phi) is 28.7. The Morgan fingerprint density at radius 3 is 1.75 bits per heavy atom. The molecule has 31 heteroatoms. The Morgan fingerprint density at radius 1 is 0.592 bits per heavy atom. The maximum atomic E-state index is 15.4. The van der Waals surface area contributed by atoms with Gasteiger partial charge in [-0.05, 0) is 153 Å². The summed E-state index contributed by atoms with van der Waals surface area (Å²) in [5, 5.41) is 8.48. The van der Waals surface area contributed by atoms with Gasteiger partial charge in [0.25, 0.3) is 0 Å². The third-order valence-electron chi connectivity index (χ3n) is 23.8. The number of carbonyl (C=O) groups is 11. The number of ether oxygens (including phenoxy) is 1. The maximum absolute atomic E-state index is 15.4. The first-order chi connectivity index (χ1) is 48.2. The normalized spacial score (nSPS) is 33.4. The molecule has 3 saturated heterocycles. The number of hydrogen-bond acceptors (Lipinski definition) is 12. The van der Waals surface area contributed by atoms with Gasteiger partial charge in [-0.1, -0.05) is 53.4 Å². The third-order valence-corrected chi connectivity index (χ3v) is 23.8. The highest BCUT2D eigenvalue weighted by molar-refractivity contribution is 6.00. The second-order valence-electron chi connectivity index (χ2n) is 31.3. The fourth-order valence-corrected chi connectivity index (χ4v) is 16.6. The Bertz CT molecular complexity index is 3010. The van der Waals surface area contributed by atoms with Gasteiger partial charge in [-0.2, -0.15) is 26.3 Å². The highest BCUT2D eigenvalue weighted by atomic mass is 19.4. The predicted octanol–water partition coefficient (Wildman–Crippen LogP) is 7.11. The van der Waals surface area contributed by atoms with Crippen molar-refractivity contribution in [2.45, 2.75) is 280 Å². The summed E-state index contributed by atoms with van der Waals surface area (Å²) in [4.78, 5) is 174. The minimum atomic E-state index is -5.20. The van der Waals surface area contributed by atoms with Crippen molar-refractivity contribution >= 4 is 65.0 Å². The largest absolute Gasteiger partial charge is 0.397 e. The molecular weight excluding hydrogens is 1360 g/mol. The molecule has 0 aromatic carbocycles. The zero-order chi connectivity index (χ0) is 76.7. The van der Waals surface area contributed by atoms with Crippen LogP contribution in [0.1, 0.15) is 190 Å². The molecule has 0 aromatic heterocycles. The number of likely N-dealkylation sites (N-methyl/N-ethyl adjacent to an activating group) is 6. The predicted molar refractivity (Wildman–Crippen MR) is 364 cm³/mol. The molecule has 0 radical (unpaired) electrons. The van der Waals surface area contributed by atoms with Crippen LogP contribution in [0.15, 0.2) is 0 Å². The van der Waals surface area contributed by atoms with E-state index in [-0.39, 0.29) is 109 Å². The van der Waals surface area contributed by atoms with Crippen LogP contribution in [0.4, 0.5) is 35.1 Å². The molecule has 7 rings (SSSR count). The van der Waals surface area contributed by atoms with E-state index in [9.17, 15) is 55.1 Å². The summed E-state index contributed by atoms with van der Waals surface area (Å²) >= 11 is 0. The number of carbonyl (C=O) groups excluding carboxylic acids is 11. The first-order valence-corrected chi connectivity index (χ1v) is 37.3. The van der Waals surface area contributed by atoms with Crippen LogP contribution in [-0.4, -0.2) is 263 Å². The van der Waals surface area contributed by atoms with Crippen molar-refractivity contribution in [3.8, 4) is 0 Å². The van der Waals surface area contributed by atoms with Crippen molar-refractivity contribution in [1.29, 1.82) is 0 Å². The molecule has 3 N–H and O–H groups in total. The Hall–Kier alpha value is -6.43. The fourth-order valence-electron chi connectivity index (χ4n) is 16.6. The van der Waals surface area contributed by atoms with Crippen LogP contribution < -0.4 is 16.0 Å². The molecule has 3 aliphatic heterocycles. The summed E-state index contributed by atoms with van der Waals surface area (Å²) in [6.45, 7) is 11.1. The summed E-state index contributed by atoms with van der Waals surface area (Å²) in [5.74, 6) is -15.1. The number of halogens is 8. The molecule has 23 nitrogen and oxygen atoms in total. The van der Waals surface area contributed by atoms with E-state index in [1.54, 1.807) is 20.8 Å². The number of rotatable bonds is 12. The molecule has 11 amide bonds. The molecule has 4 saturated carbocycles. The van der Waals surface area contributed by atoms with E-state index in [0.29, 0.717) is 25.7 Å². The topological polar surface area (TPSA) is 259 Å². The van der Waals surface area contributed by atoms with Gasteiger partial charge in [0.05, 0.1) is 18.6 Å². The molecule has 0 aromatic rings. The average Bonchev–Trinajstić information content (AvgIpc) is 1.40. The van der Waals surface area contributed by atoms with Gasteiger partial charge in [-0.25, -0.2) is 8.78 Å². The highest BCUT2D eigenvalue weighted by Crippen LogP contribution is 2.46. The van der Waals surface area contributed by atoms with Crippen molar-refractivity contribution in [2.75, 3.05) is 68.5 Å². The molecule has 7 aliphatic rings. The summed E-state index contributed by atoms with van der Waals surface area (Å²) in [7, 11) is 8.37. The van der Waals surface area contributed by atoms with E-state index in [1.807, 2.05) is 20.8 Å². The molecular formula is C72H113F8N11O12. The first-order valence-electron chi connectivity index (χ1n) is 37.3. The average molecular weight is 1480 g/mol. The van der Waals surface area contributed by atoms with Gasteiger partial charge in [0.15, 0.2) is 0 Å². The number of nitrogens with one attached hydrogen (secondary N) is 3. The quantitative estimate of drug-likeness (QED) is 0.165. The zero-order valence-corrected chi connectivity index (χ0v) is 62.4. The highest BCUT2D eigenvalue weighted by Gasteiger charge is 2.56. The minimum Gasteiger partial charge on any atom is -0.377 e. The Balaban J connectivity index is 1.28. The van der Waals surface area contributed by atoms with E-state index in [1.165, 1.54) is 68.8 Å². The molecule has 103 heavy (non-hydrogen) atoms. The summed E-state index contributed by atoms with van der Waals surface area (Å²) in [6, 6.07) is -11.3. The van der Waals surface area contributed by atoms with Crippen LogP contribution in [0, 0.1) is 41.4 Å². The van der Waals surface area contributed by atoms with Crippen LogP contribution in [0.5, 0.6) is 0 Å². The van der Waals surface area contributed by atoms with Gasteiger partial charge in [-0.15, -0.1) is 0 Å². The molecule has 2 unspecified atom stereocenters. The molecule has 1 spiro atoms. The zero-order valence-electron chi connectivity index (χ0n) is 62.4. The lowest BCUT2D eigenvalue weighted by atomic mass is 9.74. The summed E-state index contributed by atoms with van der Waals surface area (Å²) < 4.78 is 121. The molecule has 584 valence electrons. The van der Waals surface area contributed by atoms with Gasteiger partial charge in [0.2, 0.25) is 65.0 Å². The number of amides is 11. The fraction of sp³-hybridized carbons (Fsp3) is 0.847. The monoisotopic (exact) mass is 1480 g/mol. The van der Waals surface area contributed by atoms with Crippen LogP contribution in [-0.2, 0) is 57.5 Å². The van der Waals surface area contributed by atoms with Crippen LogP contribution in [0.25, 0.3) is 0 Å². The van der Waals surface area contributed by atoms with E-state index < -0.39 is 211 Å². The summed E-state index contributed by atoms with van der Waals surface area (Å²) in [5.41, 5.74) is -1.60. The van der Waals surface area contributed by atoms with E-state index in [2.05, 4.69) is 16.0 Å². The van der Waals surface area contributed by atoms with Crippen LogP contribution in [0.3, 0.4) is 0 Å². The minimum absolute atomic E-state index is 0.0123. The van der Waals surface area contributed by atoms with Crippen molar-refractivity contribution < 1.29 is 92.6 Å².